The number of nitrogens with zero attached hydrogens (tertiary/aromatic N) is 22. The highest BCUT2D eigenvalue weighted by Gasteiger charge is 2.36. The summed E-state index contributed by atoms with van der Waals surface area (Å²) in [6, 6.07) is 17.5. The first-order valence-electron chi connectivity index (χ1n) is 25.4. The molecule has 0 aliphatic carbocycles. The van der Waals surface area contributed by atoms with Crippen LogP contribution >= 0.6 is 22.9 Å². The molecule has 430 valence electrons. The number of carbonyl (C=O) groups excluding carboxylic acids is 4. The summed E-state index contributed by atoms with van der Waals surface area (Å²) < 4.78 is 42.6. The van der Waals surface area contributed by atoms with Crippen LogP contribution in [-0.4, -0.2) is 134 Å². The van der Waals surface area contributed by atoms with Crippen molar-refractivity contribution in [3.05, 3.63) is 76.1 Å². The second-order valence-corrected chi connectivity index (χ2v) is 22.8. The van der Waals surface area contributed by atoms with Crippen LogP contribution in [0.5, 0.6) is 0 Å². The number of fused-ring (bicyclic) bond motifs is 9. The molecule has 3 aliphatic heterocycles. The first kappa shape index (κ1) is 59.3. The topological polar surface area (TPSA) is 410 Å². The Kier molecular flexibility index (Phi) is 17.2. The van der Waals surface area contributed by atoms with Gasteiger partial charge in [-0.05, 0) is 91.9 Å². The maximum absolute atomic E-state index is 12.6. The van der Waals surface area contributed by atoms with Crippen LogP contribution in [0.25, 0.3) is 55.1 Å². The summed E-state index contributed by atoms with van der Waals surface area (Å²) in [4.78, 5) is 53.3. The van der Waals surface area contributed by atoms with Crippen LogP contribution < -0.4 is 24.4 Å². The molecule has 11 rings (SSSR count). The number of amides is 1. The van der Waals surface area contributed by atoms with Gasteiger partial charge in [-0.1, -0.05) is 40.8 Å². The fourth-order valence-corrected chi connectivity index (χ4v) is 10.3. The zero-order valence-corrected chi connectivity index (χ0v) is 49.0. The lowest BCUT2D eigenvalue weighted by atomic mass is 9.87. The Morgan fingerprint density at radius 3 is 1.93 bits per heavy atom. The van der Waals surface area contributed by atoms with Crippen molar-refractivity contribution in [1.82, 2.24) is 45.0 Å². The number of carbonyl (C=O) groups is 4. The molecule has 0 fully saturated rings. The van der Waals surface area contributed by atoms with E-state index in [4.69, 9.17) is 20.0 Å². The Hall–Kier alpha value is -10.3. The summed E-state index contributed by atoms with van der Waals surface area (Å²) in [6.07, 6.45) is 1.05. The van der Waals surface area contributed by atoms with Crippen LogP contribution in [0.1, 0.15) is 56.9 Å². The predicted octanol–water partition coefficient (Wildman–Crippen LogP) is 5.17. The Labute approximate surface area is 488 Å². The largest absolute Gasteiger partial charge is 0.464 e. The van der Waals surface area contributed by atoms with Gasteiger partial charge in [-0.15, -0.1) is 30.7 Å². The van der Waals surface area contributed by atoms with E-state index in [1.54, 1.807) is 114 Å². The molecule has 5 aromatic heterocycles. The Morgan fingerprint density at radius 2 is 1.38 bits per heavy atom. The monoisotopic (exact) mass is 1210 g/mol. The average molecular weight is 1210 g/mol. The summed E-state index contributed by atoms with van der Waals surface area (Å²) in [5, 5.41) is 82.9. The van der Waals surface area contributed by atoms with Gasteiger partial charge in [-0.3, -0.25) is 14.3 Å². The van der Waals surface area contributed by atoms with Crippen LogP contribution in [0.2, 0.25) is 0 Å². The lowest BCUT2D eigenvalue weighted by Crippen LogP contribution is -2.39. The summed E-state index contributed by atoms with van der Waals surface area (Å²) in [5.41, 5.74) is 7.48. The van der Waals surface area contributed by atoms with Gasteiger partial charge in [-0.2, -0.15) is 40.5 Å². The third-order valence-corrected chi connectivity index (χ3v) is 14.6. The van der Waals surface area contributed by atoms with Crippen molar-refractivity contribution in [3.8, 4) is 12.1 Å². The molecule has 85 heavy (non-hydrogen) atoms. The number of ether oxygens (including phenoxy) is 2. The third-order valence-electron chi connectivity index (χ3n) is 12.1. The number of Topliss-reactive ketones (excluding diaryl/α,β-unsaturated/α-hetero) is 1. The molecule has 31 nitrogen and oxygen atoms in total. The van der Waals surface area contributed by atoms with E-state index >= 15 is 0 Å². The number of aryl methyl sites for hydroxylation is 1. The molecule has 34 heteroatoms. The molecule has 3 aliphatic rings. The number of nitriles is 2. The van der Waals surface area contributed by atoms with E-state index in [0.717, 1.165) is 29.1 Å². The number of hydrogen-bond donors (Lipinski definition) is 1. The van der Waals surface area contributed by atoms with Crippen molar-refractivity contribution in [2.75, 3.05) is 44.3 Å². The molecular weight excluding hydrogens is 1160 g/mol. The van der Waals surface area contributed by atoms with Crippen LogP contribution in [0.15, 0.2) is 101 Å². The molecule has 2 unspecified atom stereocenters. The van der Waals surface area contributed by atoms with Gasteiger partial charge in [0.15, 0.2) is 60.0 Å². The summed E-state index contributed by atoms with van der Waals surface area (Å²) >= 11 is 2.08. The van der Waals surface area contributed by atoms with Gasteiger partial charge in [-0.25, -0.2) is 28.0 Å². The number of ketones is 1. The van der Waals surface area contributed by atoms with Crippen molar-refractivity contribution < 1.29 is 45.8 Å². The molecule has 0 saturated heterocycles. The van der Waals surface area contributed by atoms with Crippen LogP contribution in [0, 0.1) is 35.0 Å². The molecule has 2 atom stereocenters. The van der Waals surface area contributed by atoms with Crippen molar-refractivity contribution >= 4 is 145 Å². The normalized spacial score (nSPS) is 15.0. The minimum atomic E-state index is -3.43. The van der Waals surface area contributed by atoms with E-state index in [9.17, 15) is 27.6 Å². The standard InChI is InChI=1S/C19H20N7O3.C17H15N7O4S3.C15H12N9O/c1-5-29-18(28)15(16(27)19(2,3)4)24-22-12-6-7-13-14(8-12)26-17(25-23-13)11(9-20)10-21-26;1-4-28-16(25)14-13-12(23-30-14)10-7-9(5-6-11(10)20-21-13)19-22-15-8(2)18-17(29-15)24-31(3,26)27;1-8-13(15(25)23(2)22-8)20-18-10-3-4-11-12(5-10)24-14(21-19-11)9(6-16)7-17-24/h6-8,15H,5,10H2,1-4H3;5-7H,4H2,1-3H3,(H,18,24);3-5,13H,7H2,1-2H3/q+1;;+1. The number of rotatable bonds is 13. The first-order valence-corrected chi connectivity index (χ1v) is 28.9. The number of benzene rings is 3. The average Bonchev–Trinajstić information content (AvgIpc) is 4.47. The minimum Gasteiger partial charge on any atom is -0.464 e. The number of azo groups is 3. The van der Waals surface area contributed by atoms with Crippen molar-refractivity contribution in [2.45, 2.75) is 60.5 Å². The van der Waals surface area contributed by atoms with Gasteiger partial charge in [0.25, 0.3) is 5.91 Å². The fraction of sp³-hybridized carbons (Fsp3) is 0.314. The van der Waals surface area contributed by atoms with E-state index < -0.39 is 39.5 Å². The van der Waals surface area contributed by atoms with E-state index in [2.05, 4.69) is 103 Å². The smallest absolute Gasteiger partial charge is 0.391 e. The molecule has 8 heterocycles. The van der Waals surface area contributed by atoms with Crippen molar-refractivity contribution in [1.29, 1.82) is 10.5 Å². The van der Waals surface area contributed by atoms with Crippen molar-refractivity contribution in [2.24, 2.45) is 51.4 Å². The first-order chi connectivity index (χ1) is 40.6. The van der Waals surface area contributed by atoms with Gasteiger partial charge < -0.3 is 9.47 Å². The predicted molar refractivity (Wildman–Crippen MR) is 304 cm³/mol. The maximum Gasteiger partial charge on any atom is 0.391 e. The number of aromatic nitrogens is 10. The molecule has 8 aromatic rings. The second kappa shape index (κ2) is 24.6. The number of nitrogens with one attached hydrogen (secondary N) is 1. The molecule has 1 N–H and O–H groups in total. The van der Waals surface area contributed by atoms with Crippen molar-refractivity contribution in [3.63, 3.8) is 0 Å². The number of hydrazone groups is 1. The molecular formula is C51H47N23O8S3+2. The Morgan fingerprint density at radius 1 is 0.800 bits per heavy atom. The maximum atomic E-state index is 12.6. The highest BCUT2D eigenvalue weighted by molar-refractivity contribution is 7.92. The van der Waals surface area contributed by atoms with Gasteiger partial charge in [0.1, 0.15) is 36.3 Å². The summed E-state index contributed by atoms with van der Waals surface area (Å²) in [5.74, 6) is -1.82. The number of anilines is 1. The highest BCUT2D eigenvalue weighted by atomic mass is 32.2. The zero-order chi connectivity index (χ0) is 60.9. The van der Waals surface area contributed by atoms with Gasteiger partial charge in [0.2, 0.25) is 16.1 Å². The zero-order valence-electron chi connectivity index (χ0n) is 46.5. The van der Waals surface area contributed by atoms with Gasteiger partial charge in [0.05, 0.1) is 63.7 Å². The lowest BCUT2D eigenvalue weighted by molar-refractivity contribution is -0.534. The van der Waals surface area contributed by atoms with Gasteiger partial charge in [0, 0.05) is 30.0 Å². The highest BCUT2D eigenvalue weighted by Crippen LogP contribution is 2.34. The molecule has 3 aromatic carbocycles. The molecule has 1 amide bonds. The Bertz CT molecular complexity index is 4720. The number of sulfonamides is 1. The molecule has 0 bridgehead atoms. The number of hydrogen-bond acceptors (Lipinski definition) is 29. The van der Waals surface area contributed by atoms with Crippen LogP contribution in [-0.2, 0) is 33.9 Å². The Balaban J connectivity index is 0.000000153. The van der Waals surface area contributed by atoms with Crippen LogP contribution in [0.3, 0.4) is 0 Å². The third kappa shape index (κ3) is 13.0. The van der Waals surface area contributed by atoms with E-state index in [1.807, 2.05) is 0 Å². The van der Waals surface area contributed by atoms with E-state index in [1.165, 1.54) is 9.37 Å². The number of esters is 2. The van der Waals surface area contributed by atoms with E-state index in [0.29, 0.717) is 104 Å². The quantitative estimate of drug-likeness (QED) is 0.0673. The number of likely N-dealkylation sites (N-methyl/N-ethyl adjacent to an activating group) is 1. The number of thiazole rings is 1. The second-order valence-electron chi connectivity index (χ2n) is 19.3. The molecule has 0 saturated carbocycles. The SMILES string of the molecule is CC1=NN(C)C(=O)C1N=Nc1ccc2nnc3[n+](c2c1)=NCC=3C#N.CCOC(=O)C(N=Nc1ccc2nnc3[n+](c2c1)=NCC=3C#N)C(=O)C(C)(C)C.CCOC(=O)c1snc2c1nnc1ccc(N=Nc3sc(NS(C)(=O)=O)nc3C)cc12. The van der Waals surface area contributed by atoms with Crippen LogP contribution in [0.4, 0.5) is 27.2 Å². The minimum absolute atomic E-state index is 0.138. The van der Waals surface area contributed by atoms with Gasteiger partial charge >= 0.3 is 22.9 Å². The summed E-state index contributed by atoms with van der Waals surface area (Å²) in [6.45, 7) is 12.8. The summed E-state index contributed by atoms with van der Waals surface area (Å²) in [7, 11) is -1.84. The fourth-order valence-electron chi connectivity index (χ4n) is 7.98. The van der Waals surface area contributed by atoms with E-state index in [-0.39, 0.29) is 43.1 Å². The molecule has 0 radical (unpaired) electrons. The lowest BCUT2D eigenvalue weighted by Gasteiger charge is -2.19. The molecule has 0 spiro atoms.